The summed E-state index contributed by atoms with van der Waals surface area (Å²) in [5.41, 5.74) is 15.6. The van der Waals surface area contributed by atoms with Crippen LogP contribution >= 0.6 is 12.4 Å². The number of nitrogens with two attached hydrogens (primary N) is 3. The highest BCUT2D eigenvalue weighted by molar-refractivity contribution is 5.85. The summed E-state index contributed by atoms with van der Waals surface area (Å²) in [5.74, 6) is -0.633. The molecule has 7 heteroatoms. The van der Waals surface area contributed by atoms with Gasteiger partial charge < -0.3 is 21.9 Å². The van der Waals surface area contributed by atoms with Crippen LogP contribution in [0.25, 0.3) is 0 Å². The number of ketones is 1. The van der Waals surface area contributed by atoms with Crippen LogP contribution in [0.2, 0.25) is 0 Å². The molecular formula is C8H18ClN3O3. The summed E-state index contributed by atoms with van der Waals surface area (Å²) in [5, 5.41) is 0. The van der Waals surface area contributed by atoms with Crippen molar-refractivity contribution in [3.63, 3.8) is 0 Å². The Bertz CT molecular complexity index is 198. The molecule has 0 unspecified atom stereocenters. The first-order chi connectivity index (χ1) is 6.63. The van der Waals surface area contributed by atoms with Crippen molar-refractivity contribution in [3.05, 3.63) is 0 Å². The van der Waals surface area contributed by atoms with E-state index in [9.17, 15) is 9.59 Å². The Morgan fingerprint density at radius 2 is 1.60 bits per heavy atom. The minimum atomic E-state index is -0.465. The van der Waals surface area contributed by atoms with Gasteiger partial charge in [-0.2, -0.15) is 0 Å². The molecule has 0 amide bonds. The molecule has 0 heterocycles. The van der Waals surface area contributed by atoms with Crippen molar-refractivity contribution in [2.45, 2.75) is 18.9 Å². The van der Waals surface area contributed by atoms with Crippen LogP contribution in [0, 0.1) is 0 Å². The van der Waals surface area contributed by atoms with E-state index in [1.807, 2.05) is 0 Å². The second-order valence-electron chi connectivity index (χ2n) is 2.83. The van der Waals surface area contributed by atoms with Crippen molar-refractivity contribution in [1.29, 1.82) is 0 Å². The van der Waals surface area contributed by atoms with E-state index in [2.05, 4.69) is 0 Å². The number of halogens is 1. The molecule has 0 aromatic carbocycles. The lowest BCUT2D eigenvalue weighted by Crippen LogP contribution is -2.33. The summed E-state index contributed by atoms with van der Waals surface area (Å²) in [6.07, 6.45) is -0.320. The molecule has 0 aromatic heterocycles. The molecule has 0 aromatic rings. The lowest BCUT2D eigenvalue weighted by Gasteiger charge is -2.13. The highest BCUT2D eigenvalue weighted by atomic mass is 35.5. The Labute approximate surface area is 94.9 Å². The first kappa shape index (κ1) is 16.7. The highest BCUT2D eigenvalue weighted by Gasteiger charge is 2.12. The van der Waals surface area contributed by atoms with E-state index >= 15 is 0 Å². The number of rotatable bonds is 7. The molecule has 0 aliphatic heterocycles. The summed E-state index contributed by atoms with van der Waals surface area (Å²) in [4.78, 5) is 21.8. The number of carbonyl (C=O) groups is 2. The Kier molecular flexibility index (Phi) is 11.0. The van der Waals surface area contributed by atoms with Gasteiger partial charge >= 0.3 is 5.97 Å². The molecule has 0 rings (SSSR count). The first-order valence-corrected chi connectivity index (χ1v) is 4.45. The van der Waals surface area contributed by atoms with Crippen molar-refractivity contribution >= 4 is 24.2 Å². The van der Waals surface area contributed by atoms with Gasteiger partial charge in [-0.3, -0.25) is 9.59 Å². The van der Waals surface area contributed by atoms with Gasteiger partial charge in [0.05, 0.1) is 13.0 Å². The molecule has 0 bridgehead atoms. The molecule has 6 nitrogen and oxygen atoms in total. The predicted octanol–water partition coefficient (Wildman–Crippen LogP) is -1.45. The van der Waals surface area contributed by atoms with E-state index < -0.39 is 12.1 Å². The average molecular weight is 240 g/mol. The minimum absolute atomic E-state index is 0. The zero-order chi connectivity index (χ0) is 11.0. The maximum atomic E-state index is 11.1. The van der Waals surface area contributed by atoms with E-state index in [0.29, 0.717) is 0 Å². The third-order valence-electron chi connectivity index (χ3n) is 1.66. The number of Topliss-reactive ketones (excluding diaryl/α,β-unsaturated/α-hetero) is 1. The van der Waals surface area contributed by atoms with Crippen molar-refractivity contribution in [2.75, 3.05) is 19.6 Å². The normalized spacial score (nSPS) is 9.60. The quantitative estimate of drug-likeness (QED) is 0.467. The second kappa shape index (κ2) is 9.85. The standard InChI is InChI=1S/C8H17N3O3.ClH/c9-3-6(12)1-2-8(13)14-7(4-10)5-11;/h7H,1-5,9-11H2;1H. The van der Waals surface area contributed by atoms with Crippen LogP contribution in [-0.4, -0.2) is 37.5 Å². The van der Waals surface area contributed by atoms with Crippen LogP contribution in [0.3, 0.4) is 0 Å². The number of hydrogen-bond acceptors (Lipinski definition) is 6. The molecule has 0 atom stereocenters. The van der Waals surface area contributed by atoms with Crippen molar-refractivity contribution in [3.8, 4) is 0 Å². The molecule has 0 radical (unpaired) electrons. The monoisotopic (exact) mass is 239 g/mol. The van der Waals surface area contributed by atoms with Crippen molar-refractivity contribution in [1.82, 2.24) is 0 Å². The highest BCUT2D eigenvalue weighted by Crippen LogP contribution is 1.97. The lowest BCUT2D eigenvalue weighted by atomic mass is 10.2. The molecule has 15 heavy (non-hydrogen) atoms. The Morgan fingerprint density at radius 3 is 2.00 bits per heavy atom. The van der Waals surface area contributed by atoms with Gasteiger partial charge in [-0.05, 0) is 0 Å². The molecule has 0 spiro atoms. The number of carbonyl (C=O) groups excluding carboxylic acids is 2. The van der Waals surface area contributed by atoms with Gasteiger partial charge in [0.1, 0.15) is 11.9 Å². The van der Waals surface area contributed by atoms with Gasteiger partial charge in [-0.1, -0.05) is 0 Å². The van der Waals surface area contributed by atoms with Crippen LogP contribution in [0.5, 0.6) is 0 Å². The van der Waals surface area contributed by atoms with Gasteiger partial charge in [0.15, 0.2) is 0 Å². The summed E-state index contributed by atoms with van der Waals surface area (Å²) in [6.45, 7) is 0.324. The van der Waals surface area contributed by atoms with Crippen LogP contribution in [0.4, 0.5) is 0 Å². The molecule has 0 aliphatic carbocycles. The zero-order valence-corrected chi connectivity index (χ0v) is 9.29. The maximum absolute atomic E-state index is 11.1. The third kappa shape index (κ3) is 8.31. The fourth-order valence-corrected chi connectivity index (χ4v) is 0.781. The number of esters is 1. The van der Waals surface area contributed by atoms with E-state index in [1.54, 1.807) is 0 Å². The van der Waals surface area contributed by atoms with E-state index in [4.69, 9.17) is 21.9 Å². The summed E-state index contributed by atoms with van der Waals surface area (Å²) in [6, 6.07) is 0. The summed E-state index contributed by atoms with van der Waals surface area (Å²) < 4.78 is 4.86. The summed E-state index contributed by atoms with van der Waals surface area (Å²) >= 11 is 0. The predicted molar refractivity (Wildman–Crippen MR) is 58.5 cm³/mol. The smallest absolute Gasteiger partial charge is 0.306 e. The van der Waals surface area contributed by atoms with Gasteiger partial charge in [0, 0.05) is 19.5 Å². The number of ether oxygens (including phenoxy) is 1. The van der Waals surface area contributed by atoms with Crippen LogP contribution in [-0.2, 0) is 14.3 Å². The Balaban J connectivity index is 0. The maximum Gasteiger partial charge on any atom is 0.306 e. The summed E-state index contributed by atoms with van der Waals surface area (Å²) in [7, 11) is 0. The number of hydrogen-bond donors (Lipinski definition) is 3. The topological polar surface area (TPSA) is 121 Å². The van der Waals surface area contributed by atoms with Crippen molar-refractivity contribution < 1.29 is 14.3 Å². The second-order valence-corrected chi connectivity index (χ2v) is 2.83. The van der Waals surface area contributed by atoms with Gasteiger partial charge in [-0.25, -0.2) is 0 Å². The van der Waals surface area contributed by atoms with Crippen molar-refractivity contribution in [2.24, 2.45) is 17.2 Å². The van der Waals surface area contributed by atoms with Gasteiger partial charge in [-0.15, -0.1) is 12.4 Å². The molecule has 0 saturated carbocycles. The molecule has 0 aliphatic rings. The SMILES string of the molecule is Cl.NCC(=O)CCC(=O)OC(CN)CN. The van der Waals surface area contributed by atoms with E-state index in [0.717, 1.165) is 0 Å². The fraction of sp³-hybridized carbons (Fsp3) is 0.750. The lowest BCUT2D eigenvalue weighted by molar-refractivity contribution is -0.149. The van der Waals surface area contributed by atoms with Gasteiger partial charge in [0.2, 0.25) is 0 Å². The van der Waals surface area contributed by atoms with Gasteiger partial charge in [0.25, 0.3) is 0 Å². The fourth-order valence-electron chi connectivity index (χ4n) is 0.781. The molecule has 0 fully saturated rings. The average Bonchev–Trinajstić information content (AvgIpc) is 2.22. The van der Waals surface area contributed by atoms with Crippen LogP contribution in [0.1, 0.15) is 12.8 Å². The van der Waals surface area contributed by atoms with E-state index in [1.165, 1.54) is 0 Å². The zero-order valence-electron chi connectivity index (χ0n) is 8.48. The molecule has 6 N–H and O–H groups in total. The van der Waals surface area contributed by atoms with Crippen LogP contribution in [0.15, 0.2) is 0 Å². The minimum Gasteiger partial charge on any atom is -0.460 e. The molecular weight excluding hydrogens is 222 g/mol. The van der Waals surface area contributed by atoms with E-state index in [-0.39, 0.29) is 50.7 Å². The first-order valence-electron chi connectivity index (χ1n) is 4.45. The Morgan fingerprint density at radius 1 is 1.07 bits per heavy atom. The van der Waals surface area contributed by atoms with Crippen LogP contribution < -0.4 is 17.2 Å². The molecule has 0 saturated heterocycles. The third-order valence-corrected chi connectivity index (χ3v) is 1.66. The largest absolute Gasteiger partial charge is 0.460 e. The Hall–Kier alpha value is -0.690. The molecule has 90 valence electrons.